The molecule has 0 aliphatic rings. The molecule has 0 atom stereocenters. The molecule has 0 aliphatic carbocycles. The first-order chi connectivity index (χ1) is 4.86. The second-order valence-electron chi connectivity index (χ2n) is 1.94. The van der Waals surface area contributed by atoms with Crippen LogP contribution in [0.2, 0.25) is 0 Å². The highest BCUT2D eigenvalue weighted by atomic mass is 16.4. The Balaban J connectivity index is 2.88. The average molecular weight is 133 g/mol. The van der Waals surface area contributed by atoms with E-state index in [1.165, 1.54) is 0 Å². The van der Waals surface area contributed by atoms with Gasteiger partial charge in [-0.15, -0.1) is 0 Å². The van der Waals surface area contributed by atoms with Gasteiger partial charge in [-0.05, 0) is 6.07 Å². The van der Waals surface area contributed by atoms with Gasteiger partial charge in [-0.3, -0.25) is 0 Å². The van der Waals surface area contributed by atoms with Gasteiger partial charge >= 0.3 is 0 Å². The maximum Gasteiger partial charge on any atom is 0.293 e. The van der Waals surface area contributed by atoms with Crippen molar-refractivity contribution in [3.63, 3.8) is 0 Å². The van der Waals surface area contributed by atoms with Crippen LogP contribution in [-0.4, -0.2) is 4.98 Å². The van der Waals surface area contributed by atoms with Crippen LogP contribution in [0.5, 0.6) is 0 Å². The molecule has 3 heteroatoms. The lowest BCUT2D eigenvalue weighted by molar-refractivity contribution is 0.626. The third-order valence-corrected chi connectivity index (χ3v) is 1.23. The molecule has 0 amide bonds. The van der Waals surface area contributed by atoms with Crippen molar-refractivity contribution >= 4 is 17.1 Å². The normalized spacial score (nSPS) is 10.4. The van der Waals surface area contributed by atoms with Crippen LogP contribution >= 0.6 is 0 Å². The smallest absolute Gasteiger partial charge is 0.293 e. The number of aromatic nitrogens is 1. The van der Waals surface area contributed by atoms with Crippen LogP contribution in [0.15, 0.2) is 22.6 Å². The van der Waals surface area contributed by atoms with E-state index in [9.17, 15) is 0 Å². The van der Waals surface area contributed by atoms with E-state index in [0.717, 1.165) is 0 Å². The van der Waals surface area contributed by atoms with Crippen molar-refractivity contribution < 1.29 is 4.42 Å². The number of rotatable bonds is 0. The SMILES string of the molecule is Nc1nc2[c]cccc2o1. The zero-order chi connectivity index (χ0) is 6.97. The third kappa shape index (κ3) is 0.639. The molecule has 49 valence electrons. The number of para-hydroxylation sites is 1. The summed E-state index contributed by atoms with van der Waals surface area (Å²) in [4.78, 5) is 3.87. The first kappa shape index (κ1) is 5.29. The van der Waals surface area contributed by atoms with Gasteiger partial charge in [-0.1, -0.05) is 12.1 Å². The van der Waals surface area contributed by atoms with Gasteiger partial charge in [-0.25, -0.2) is 0 Å². The minimum Gasteiger partial charge on any atom is -0.424 e. The zero-order valence-electron chi connectivity index (χ0n) is 5.16. The number of nitrogens with zero attached hydrogens (tertiary/aromatic N) is 1. The van der Waals surface area contributed by atoms with Gasteiger partial charge in [0.2, 0.25) is 0 Å². The molecule has 2 aromatic rings. The summed E-state index contributed by atoms with van der Waals surface area (Å²) in [6.45, 7) is 0. The maximum absolute atomic E-state index is 5.29. The number of nitrogen functional groups attached to an aromatic ring is 1. The van der Waals surface area contributed by atoms with Crippen molar-refractivity contribution in [1.29, 1.82) is 0 Å². The standard InChI is InChI=1S/C7H5N2O/c8-7-9-5-3-1-2-4-6(5)10-7/h1-2,4H,(H2,8,9). The van der Waals surface area contributed by atoms with Crippen molar-refractivity contribution in [3.8, 4) is 0 Å². The molecular weight excluding hydrogens is 128 g/mol. The highest BCUT2D eigenvalue weighted by Crippen LogP contribution is 2.14. The van der Waals surface area contributed by atoms with Crippen LogP contribution in [0.1, 0.15) is 0 Å². The summed E-state index contributed by atoms with van der Waals surface area (Å²) < 4.78 is 5.00. The molecule has 0 saturated heterocycles. The largest absolute Gasteiger partial charge is 0.424 e. The van der Waals surface area contributed by atoms with E-state index >= 15 is 0 Å². The van der Waals surface area contributed by atoms with Crippen LogP contribution in [0, 0.1) is 6.07 Å². The predicted molar refractivity (Wildman–Crippen MR) is 37.3 cm³/mol. The molecule has 0 bridgehead atoms. The van der Waals surface area contributed by atoms with Crippen LogP contribution in [0.4, 0.5) is 6.01 Å². The fourth-order valence-corrected chi connectivity index (χ4v) is 0.828. The minimum atomic E-state index is 0.192. The number of oxazole rings is 1. The Morgan fingerprint density at radius 2 is 2.50 bits per heavy atom. The van der Waals surface area contributed by atoms with E-state index < -0.39 is 0 Å². The molecule has 1 aromatic carbocycles. The molecule has 0 fully saturated rings. The minimum absolute atomic E-state index is 0.192. The van der Waals surface area contributed by atoms with Gasteiger partial charge < -0.3 is 10.2 Å². The number of fused-ring (bicyclic) bond motifs is 1. The zero-order valence-corrected chi connectivity index (χ0v) is 5.16. The van der Waals surface area contributed by atoms with Crippen molar-refractivity contribution in [2.75, 3.05) is 5.73 Å². The number of nitrogens with two attached hydrogens (primary N) is 1. The summed E-state index contributed by atoms with van der Waals surface area (Å²) >= 11 is 0. The highest BCUT2D eigenvalue weighted by molar-refractivity contribution is 5.72. The van der Waals surface area contributed by atoms with E-state index in [4.69, 9.17) is 10.2 Å². The topological polar surface area (TPSA) is 52.0 Å². The van der Waals surface area contributed by atoms with E-state index in [0.29, 0.717) is 11.1 Å². The monoisotopic (exact) mass is 133 g/mol. The summed E-state index contributed by atoms with van der Waals surface area (Å²) in [5, 5.41) is 0. The van der Waals surface area contributed by atoms with Crippen LogP contribution in [0.25, 0.3) is 11.1 Å². The van der Waals surface area contributed by atoms with Gasteiger partial charge in [0.1, 0.15) is 5.52 Å². The molecule has 1 radical (unpaired) electrons. The Bertz CT molecular complexity index is 320. The number of anilines is 1. The van der Waals surface area contributed by atoms with Crippen molar-refractivity contribution in [3.05, 3.63) is 24.3 Å². The molecule has 2 rings (SSSR count). The van der Waals surface area contributed by atoms with Gasteiger partial charge in [0, 0.05) is 6.07 Å². The van der Waals surface area contributed by atoms with Crippen molar-refractivity contribution in [2.45, 2.75) is 0 Å². The average Bonchev–Trinajstić information content (AvgIpc) is 2.27. The van der Waals surface area contributed by atoms with E-state index in [-0.39, 0.29) is 6.01 Å². The first-order valence-electron chi connectivity index (χ1n) is 2.89. The molecule has 3 nitrogen and oxygen atoms in total. The number of hydrogen-bond donors (Lipinski definition) is 1. The third-order valence-electron chi connectivity index (χ3n) is 1.23. The Kier molecular flexibility index (Phi) is 0.917. The molecule has 2 N–H and O–H groups in total. The van der Waals surface area contributed by atoms with E-state index in [1.54, 1.807) is 12.1 Å². The summed E-state index contributed by atoms with van der Waals surface area (Å²) in [7, 11) is 0. The fraction of sp³-hybridized carbons (Fsp3) is 0. The predicted octanol–water partition coefficient (Wildman–Crippen LogP) is 1.21. The fourth-order valence-electron chi connectivity index (χ4n) is 0.828. The Morgan fingerprint density at radius 3 is 3.30 bits per heavy atom. The lowest BCUT2D eigenvalue weighted by Crippen LogP contribution is -1.80. The highest BCUT2D eigenvalue weighted by Gasteiger charge is 1.98. The van der Waals surface area contributed by atoms with Crippen LogP contribution < -0.4 is 5.73 Å². The van der Waals surface area contributed by atoms with Gasteiger partial charge in [-0.2, -0.15) is 4.98 Å². The van der Waals surface area contributed by atoms with Gasteiger partial charge in [0.05, 0.1) is 0 Å². The quantitative estimate of drug-likeness (QED) is 0.587. The Morgan fingerprint density at radius 1 is 1.60 bits per heavy atom. The Hall–Kier alpha value is -1.51. The number of benzene rings is 1. The second-order valence-corrected chi connectivity index (χ2v) is 1.94. The molecule has 1 aromatic heterocycles. The summed E-state index contributed by atoms with van der Waals surface area (Å²) in [6.07, 6.45) is 0. The van der Waals surface area contributed by atoms with Gasteiger partial charge in [0.25, 0.3) is 6.01 Å². The summed E-state index contributed by atoms with van der Waals surface area (Å²) in [5.41, 5.74) is 6.65. The first-order valence-corrected chi connectivity index (χ1v) is 2.89. The molecule has 0 spiro atoms. The number of hydrogen-bond acceptors (Lipinski definition) is 3. The maximum atomic E-state index is 5.29. The summed E-state index contributed by atoms with van der Waals surface area (Å²) in [6, 6.07) is 8.47. The van der Waals surface area contributed by atoms with Crippen molar-refractivity contribution in [2.24, 2.45) is 0 Å². The lowest BCUT2D eigenvalue weighted by atomic mass is 10.3. The molecule has 0 saturated carbocycles. The van der Waals surface area contributed by atoms with E-state index in [1.807, 2.05) is 6.07 Å². The molecular formula is C7H5N2O. The molecule has 0 aliphatic heterocycles. The van der Waals surface area contributed by atoms with Crippen LogP contribution in [-0.2, 0) is 0 Å². The summed E-state index contributed by atoms with van der Waals surface area (Å²) in [5.74, 6) is 0. The van der Waals surface area contributed by atoms with Crippen molar-refractivity contribution in [1.82, 2.24) is 4.98 Å². The Labute approximate surface area is 57.5 Å². The molecule has 10 heavy (non-hydrogen) atoms. The van der Waals surface area contributed by atoms with E-state index in [2.05, 4.69) is 11.1 Å². The van der Waals surface area contributed by atoms with Gasteiger partial charge in [0.15, 0.2) is 5.58 Å². The van der Waals surface area contributed by atoms with Crippen LogP contribution in [0.3, 0.4) is 0 Å². The molecule has 0 unspecified atom stereocenters. The lowest BCUT2D eigenvalue weighted by Gasteiger charge is -1.78. The molecule has 1 heterocycles. The second kappa shape index (κ2) is 1.73.